The first-order chi connectivity index (χ1) is 8.54. The molecule has 0 bridgehead atoms. The van der Waals surface area contributed by atoms with Crippen LogP contribution < -0.4 is 10.5 Å². The molecule has 0 aromatic heterocycles. The number of benzene rings is 1. The van der Waals surface area contributed by atoms with Crippen molar-refractivity contribution < 1.29 is 4.74 Å². The van der Waals surface area contributed by atoms with Crippen LogP contribution in [0.3, 0.4) is 0 Å². The van der Waals surface area contributed by atoms with Crippen molar-refractivity contribution >= 4 is 45.2 Å². The molecular weight excluding hydrogens is 454 g/mol. The van der Waals surface area contributed by atoms with Crippen LogP contribution in [0.25, 0.3) is 0 Å². The van der Waals surface area contributed by atoms with Gasteiger partial charge in [0, 0.05) is 6.54 Å². The first-order valence-corrected chi connectivity index (χ1v) is 8.16. The van der Waals surface area contributed by atoms with E-state index in [1.807, 2.05) is 0 Å². The van der Waals surface area contributed by atoms with Crippen molar-refractivity contribution in [3.63, 3.8) is 0 Å². The van der Waals surface area contributed by atoms with Gasteiger partial charge in [-0.1, -0.05) is 0 Å². The summed E-state index contributed by atoms with van der Waals surface area (Å²) in [6.45, 7) is 2.51. The number of ether oxygens (including phenoxy) is 1. The molecule has 0 spiro atoms. The highest BCUT2D eigenvalue weighted by Crippen LogP contribution is 2.29. The van der Waals surface area contributed by atoms with Gasteiger partial charge in [0.2, 0.25) is 0 Å². The Morgan fingerprint density at radius 3 is 2.33 bits per heavy atom. The molecule has 2 N–H and O–H groups in total. The lowest BCUT2D eigenvalue weighted by Crippen LogP contribution is -2.16. The third-order valence-corrected chi connectivity index (χ3v) is 4.09. The standard InChI is InChI=1S/C13H20I2N2O/c1-17(2)6-3-7-18-13-11(14)8-10(4-5-16)9-12(13)15/h8-9H,3-7,16H2,1-2H3. The molecule has 0 heterocycles. The summed E-state index contributed by atoms with van der Waals surface area (Å²) in [5, 5.41) is 0. The van der Waals surface area contributed by atoms with E-state index in [-0.39, 0.29) is 0 Å². The molecule has 0 fully saturated rings. The van der Waals surface area contributed by atoms with E-state index in [0.717, 1.165) is 31.7 Å². The van der Waals surface area contributed by atoms with Gasteiger partial charge in [-0.15, -0.1) is 0 Å². The third kappa shape index (κ3) is 5.58. The van der Waals surface area contributed by atoms with E-state index < -0.39 is 0 Å². The minimum Gasteiger partial charge on any atom is -0.491 e. The van der Waals surface area contributed by atoms with Gasteiger partial charge in [0.25, 0.3) is 0 Å². The van der Waals surface area contributed by atoms with Crippen molar-refractivity contribution in [1.29, 1.82) is 0 Å². The predicted molar refractivity (Wildman–Crippen MR) is 93.3 cm³/mol. The van der Waals surface area contributed by atoms with Crippen LogP contribution in [-0.4, -0.2) is 38.7 Å². The molecular formula is C13H20I2N2O. The van der Waals surface area contributed by atoms with Gasteiger partial charge in [-0.05, 0) is 96.4 Å². The van der Waals surface area contributed by atoms with Crippen molar-refractivity contribution in [3.8, 4) is 5.75 Å². The summed E-state index contributed by atoms with van der Waals surface area (Å²) in [7, 11) is 4.16. The van der Waals surface area contributed by atoms with Gasteiger partial charge >= 0.3 is 0 Å². The van der Waals surface area contributed by atoms with Crippen LogP contribution in [0.4, 0.5) is 0 Å². The molecule has 0 unspecified atom stereocenters. The highest BCUT2D eigenvalue weighted by molar-refractivity contribution is 14.1. The summed E-state index contributed by atoms with van der Waals surface area (Å²) in [6, 6.07) is 4.33. The number of hydrogen-bond donors (Lipinski definition) is 1. The van der Waals surface area contributed by atoms with Crippen LogP contribution in [0.5, 0.6) is 5.75 Å². The molecule has 18 heavy (non-hydrogen) atoms. The Labute approximate surface area is 137 Å². The zero-order valence-electron chi connectivity index (χ0n) is 10.9. The highest BCUT2D eigenvalue weighted by Gasteiger charge is 2.08. The van der Waals surface area contributed by atoms with Crippen LogP contribution in [0, 0.1) is 7.14 Å². The van der Waals surface area contributed by atoms with E-state index >= 15 is 0 Å². The minimum atomic E-state index is 0.690. The van der Waals surface area contributed by atoms with E-state index in [1.54, 1.807) is 0 Å². The van der Waals surface area contributed by atoms with E-state index in [4.69, 9.17) is 10.5 Å². The van der Waals surface area contributed by atoms with Crippen LogP contribution in [0.15, 0.2) is 12.1 Å². The van der Waals surface area contributed by atoms with Crippen LogP contribution in [0.2, 0.25) is 0 Å². The molecule has 0 saturated carbocycles. The van der Waals surface area contributed by atoms with Crippen molar-refractivity contribution in [3.05, 3.63) is 24.8 Å². The number of nitrogens with zero attached hydrogens (tertiary/aromatic N) is 1. The van der Waals surface area contributed by atoms with Gasteiger partial charge in [0.05, 0.1) is 13.7 Å². The third-order valence-electron chi connectivity index (χ3n) is 2.49. The van der Waals surface area contributed by atoms with Crippen LogP contribution in [-0.2, 0) is 6.42 Å². The number of rotatable bonds is 7. The quantitative estimate of drug-likeness (QED) is 0.489. The number of halogens is 2. The fraction of sp³-hybridized carbons (Fsp3) is 0.538. The molecule has 0 aliphatic carbocycles. The number of nitrogens with two attached hydrogens (primary N) is 1. The number of hydrogen-bond acceptors (Lipinski definition) is 3. The molecule has 1 aromatic rings. The topological polar surface area (TPSA) is 38.5 Å². The Morgan fingerprint density at radius 2 is 1.83 bits per heavy atom. The Hall–Kier alpha value is 0.400. The van der Waals surface area contributed by atoms with Gasteiger partial charge in [-0.3, -0.25) is 0 Å². The normalized spacial score (nSPS) is 11.0. The molecule has 0 amide bonds. The molecule has 0 radical (unpaired) electrons. The van der Waals surface area contributed by atoms with Gasteiger partial charge < -0.3 is 15.4 Å². The maximum absolute atomic E-state index is 5.88. The van der Waals surface area contributed by atoms with Gasteiger partial charge in [-0.25, -0.2) is 0 Å². The highest BCUT2D eigenvalue weighted by atomic mass is 127. The lowest BCUT2D eigenvalue weighted by molar-refractivity contribution is 0.278. The summed E-state index contributed by atoms with van der Waals surface area (Å²) in [5.41, 5.74) is 6.87. The average molecular weight is 474 g/mol. The minimum absolute atomic E-state index is 0.690. The maximum Gasteiger partial charge on any atom is 0.145 e. The van der Waals surface area contributed by atoms with Crippen molar-refractivity contribution in [2.24, 2.45) is 5.73 Å². The first kappa shape index (κ1) is 16.5. The summed E-state index contributed by atoms with van der Waals surface area (Å²) < 4.78 is 8.23. The lowest BCUT2D eigenvalue weighted by Gasteiger charge is -2.13. The molecule has 0 aliphatic rings. The fourth-order valence-electron chi connectivity index (χ4n) is 1.62. The Bertz CT molecular complexity index is 360. The molecule has 102 valence electrons. The smallest absolute Gasteiger partial charge is 0.145 e. The van der Waals surface area contributed by atoms with Crippen molar-refractivity contribution in [1.82, 2.24) is 4.90 Å². The van der Waals surface area contributed by atoms with Crippen molar-refractivity contribution in [2.75, 3.05) is 33.8 Å². The summed E-state index contributed by atoms with van der Waals surface area (Å²) >= 11 is 4.67. The van der Waals surface area contributed by atoms with Crippen LogP contribution in [0.1, 0.15) is 12.0 Å². The molecule has 1 rings (SSSR count). The first-order valence-electron chi connectivity index (χ1n) is 6.00. The summed E-state index contributed by atoms with van der Waals surface area (Å²) in [4.78, 5) is 2.17. The van der Waals surface area contributed by atoms with Gasteiger partial charge in [0.15, 0.2) is 0 Å². The van der Waals surface area contributed by atoms with E-state index in [2.05, 4.69) is 76.3 Å². The maximum atomic E-state index is 5.88. The van der Waals surface area contributed by atoms with Gasteiger partial charge in [0.1, 0.15) is 5.75 Å². The summed E-state index contributed by atoms with van der Waals surface area (Å²) in [5.74, 6) is 1.01. The van der Waals surface area contributed by atoms with E-state index in [9.17, 15) is 0 Å². The Balaban J connectivity index is 2.60. The predicted octanol–water partition coefficient (Wildman–Crippen LogP) is 2.73. The molecule has 0 aliphatic heterocycles. The van der Waals surface area contributed by atoms with E-state index in [0.29, 0.717) is 6.54 Å². The van der Waals surface area contributed by atoms with E-state index in [1.165, 1.54) is 12.7 Å². The second-order valence-corrected chi connectivity index (χ2v) is 6.76. The Morgan fingerprint density at radius 1 is 1.22 bits per heavy atom. The molecule has 0 saturated heterocycles. The largest absolute Gasteiger partial charge is 0.491 e. The molecule has 5 heteroatoms. The zero-order valence-corrected chi connectivity index (χ0v) is 15.2. The van der Waals surface area contributed by atoms with Crippen LogP contribution >= 0.6 is 45.2 Å². The van der Waals surface area contributed by atoms with Crippen molar-refractivity contribution in [2.45, 2.75) is 12.8 Å². The SMILES string of the molecule is CN(C)CCCOc1c(I)cc(CCN)cc1I. The zero-order chi connectivity index (χ0) is 13.5. The molecule has 0 atom stereocenters. The Kier molecular flexibility index (Phi) is 7.81. The molecule has 1 aromatic carbocycles. The average Bonchev–Trinajstić information content (AvgIpc) is 2.27. The van der Waals surface area contributed by atoms with Gasteiger partial charge in [-0.2, -0.15) is 0 Å². The lowest BCUT2D eigenvalue weighted by atomic mass is 10.1. The fourth-order valence-corrected chi connectivity index (χ4v) is 3.82. The second kappa shape index (κ2) is 8.55. The summed E-state index contributed by atoms with van der Waals surface area (Å²) in [6.07, 6.45) is 1.97. The second-order valence-electron chi connectivity index (χ2n) is 4.43. The monoisotopic (exact) mass is 474 g/mol. The molecule has 3 nitrogen and oxygen atoms in total.